The van der Waals surface area contributed by atoms with Crippen LogP contribution in [-0.2, 0) is 9.59 Å². The van der Waals surface area contributed by atoms with Gasteiger partial charge in [-0.25, -0.2) is 0 Å². The van der Waals surface area contributed by atoms with E-state index in [9.17, 15) is 14.7 Å². The molecule has 2 amide bonds. The van der Waals surface area contributed by atoms with Gasteiger partial charge >= 0.3 is 0 Å². The summed E-state index contributed by atoms with van der Waals surface area (Å²) in [4.78, 5) is 27.3. The molecule has 27 heavy (non-hydrogen) atoms. The molecule has 2 fully saturated rings. The summed E-state index contributed by atoms with van der Waals surface area (Å²) in [6.07, 6.45) is 4.44. The molecule has 7 nitrogen and oxygen atoms in total. The monoisotopic (exact) mass is 370 g/mol. The highest BCUT2D eigenvalue weighted by Gasteiger charge is 2.39. The summed E-state index contributed by atoms with van der Waals surface area (Å²) in [5, 5.41) is 19.3. The van der Waals surface area contributed by atoms with E-state index in [1.54, 1.807) is 0 Å². The van der Waals surface area contributed by atoms with Crippen molar-refractivity contribution >= 4 is 23.2 Å². The molecule has 1 aromatic rings. The number of anilines is 2. The zero-order valence-electron chi connectivity index (χ0n) is 15.3. The van der Waals surface area contributed by atoms with Crippen LogP contribution in [0.5, 0.6) is 0 Å². The number of rotatable bonds is 3. The first kappa shape index (κ1) is 17.9. The van der Waals surface area contributed by atoms with E-state index in [1.807, 2.05) is 24.3 Å². The smallest absolute Gasteiger partial charge is 0.264 e. The molecular formula is C20H26N4O3. The van der Waals surface area contributed by atoms with Crippen LogP contribution in [0.3, 0.4) is 0 Å². The van der Waals surface area contributed by atoms with Gasteiger partial charge in [-0.05, 0) is 56.5 Å². The van der Waals surface area contributed by atoms with Crippen LogP contribution in [0.4, 0.5) is 11.4 Å². The van der Waals surface area contributed by atoms with Crippen molar-refractivity contribution in [3.63, 3.8) is 0 Å². The summed E-state index contributed by atoms with van der Waals surface area (Å²) in [5.41, 5.74) is 1.57. The Kier molecular flexibility index (Phi) is 5.03. The molecule has 0 spiro atoms. The van der Waals surface area contributed by atoms with E-state index < -0.39 is 11.8 Å². The average molecular weight is 370 g/mol. The molecule has 144 valence electrons. The van der Waals surface area contributed by atoms with Crippen molar-refractivity contribution in [3.8, 4) is 0 Å². The largest absolute Gasteiger partial charge is 0.511 e. The number of aliphatic hydroxyl groups is 1. The van der Waals surface area contributed by atoms with Crippen LogP contribution in [0.15, 0.2) is 35.6 Å². The number of carbonyl (C=O) groups is 2. The summed E-state index contributed by atoms with van der Waals surface area (Å²) in [5.74, 6) is -1.44. The molecule has 0 aliphatic carbocycles. The van der Waals surface area contributed by atoms with Gasteiger partial charge in [-0.2, -0.15) is 0 Å². The Morgan fingerprint density at radius 1 is 1.15 bits per heavy atom. The topological polar surface area (TPSA) is 93.7 Å². The predicted octanol–water partition coefficient (Wildman–Crippen LogP) is 1.54. The number of amides is 2. The van der Waals surface area contributed by atoms with Crippen molar-refractivity contribution < 1.29 is 14.7 Å². The van der Waals surface area contributed by atoms with E-state index >= 15 is 0 Å². The second-order valence-corrected chi connectivity index (χ2v) is 7.49. The lowest BCUT2D eigenvalue weighted by Crippen LogP contribution is -2.55. The summed E-state index contributed by atoms with van der Waals surface area (Å²) in [7, 11) is 0. The van der Waals surface area contributed by atoms with E-state index in [4.69, 9.17) is 0 Å². The summed E-state index contributed by atoms with van der Waals surface area (Å²) >= 11 is 0. The van der Waals surface area contributed by atoms with Gasteiger partial charge in [0.25, 0.3) is 11.8 Å². The average Bonchev–Trinajstić information content (AvgIpc) is 2.69. The lowest BCUT2D eigenvalue weighted by atomic mass is 9.85. The number of fused-ring (bicyclic) bond motifs is 1. The summed E-state index contributed by atoms with van der Waals surface area (Å²) in [6.45, 7) is 3.46. The maximum atomic E-state index is 12.6. The molecule has 0 saturated carbocycles. The van der Waals surface area contributed by atoms with Gasteiger partial charge in [-0.3, -0.25) is 9.59 Å². The number of benzene rings is 1. The van der Waals surface area contributed by atoms with Gasteiger partial charge in [0.15, 0.2) is 0 Å². The molecule has 4 N–H and O–H groups in total. The fourth-order valence-corrected chi connectivity index (χ4v) is 4.18. The van der Waals surface area contributed by atoms with Crippen LogP contribution in [0.1, 0.15) is 25.7 Å². The predicted molar refractivity (Wildman–Crippen MR) is 104 cm³/mol. The molecule has 3 heterocycles. The van der Waals surface area contributed by atoms with Crippen molar-refractivity contribution in [2.45, 2.75) is 31.7 Å². The quantitative estimate of drug-likeness (QED) is 0.606. The zero-order chi connectivity index (χ0) is 18.8. The SMILES string of the molecule is O=C(Nc1ccc(N2CCCCC2)cc1)C1=C(O)[C@@H]2CNCC[C@H]2NC1=O. The van der Waals surface area contributed by atoms with Crippen LogP contribution < -0.4 is 20.9 Å². The summed E-state index contributed by atoms with van der Waals surface area (Å²) in [6, 6.07) is 7.53. The third-order valence-corrected chi connectivity index (χ3v) is 5.71. The first-order chi connectivity index (χ1) is 13.1. The van der Waals surface area contributed by atoms with Gasteiger partial charge in [0.05, 0.1) is 5.92 Å². The fraction of sp³-hybridized carbons (Fsp3) is 0.500. The van der Waals surface area contributed by atoms with E-state index in [2.05, 4.69) is 20.9 Å². The zero-order valence-corrected chi connectivity index (χ0v) is 15.3. The van der Waals surface area contributed by atoms with Crippen molar-refractivity contribution in [3.05, 3.63) is 35.6 Å². The minimum atomic E-state index is -0.570. The molecule has 0 radical (unpaired) electrons. The van der Waals surface area contributed by atoms with Crippen LogP contribution in [0, 0.1) is 5.92 Å². The van der Waals surface area contributed by atoms with E-state index in [0.29, 0.717) is 12.2 Å². The van der Waals surface area contributed by atoms with Gasteiger partial charge in [0.2, 0.25) is 0 Å². The molecule has 0 bridgehead atoms. The molecule has 0 aromatic heterocycles. The Labute approximate surface area is 158 Å². The molecule has 4 rings (SSSR count). The fourth-order valence-electron chi connectivity index (χ4n) is 4.18. The lowest BCUT2D eigenvalue weighted by Gasteiger charge is -2.36. The van der Waals surface area contributed by atoms with Gasteiger partial charge in [0, 0.05) is 37.1 Å². The van der Waals surface area contributed by atoms with Crippen molar-refractivity contribution in [2.75, 3.05) is 36.4 Å². The van der Waals surface area contributed by atoms with E-state index in [-0.39, 0.29) is 23.3 Å². The molecule has 3 aliphatic heterocycles. The first-order valence-electron chi connectivity index (χ1n) is 9.74. The van der Waals surface area contributed by atoms with Crippen molar-refractivity contribution in [2.24, 2.45) is 5.92 Å². The summed E-state index contributed by atoms with van der Waals surface area (Å²) < 4.78 is 0. The number of carbonyl (C=O) groups excluding carboxylic acids is 2. The Bertz CT molecular complexity index is 753. The standard InChI is InChI=1S/C20H26N4O3/c25-18-15-12-21-9-8-16(15)23-20(27)17(18)19(26)22-13-4-6-14(7-5-13)24-10-2-1-3-11-24/h4-7,15-16,21,25H,1-3,8-12H2,(H,22,26)(H,23,27)/t15-,16-/m1/s1. The molecule has 0 unspecified atom stereocenters. The number of hydrogen-bond acceptors (Lipinski definition) is 5. The Morgan fingerprint density at radius 2 is 1.89 bits per heavy atom. The molecule has 2 saturated heterocycles. The van der Waals surface area contributed by atoms with Crippen molar-refractivity contribution in [1.82, 2.24) is 10.6 Å². The Morgan fingerprint density at radius 3 is 2.63 bits per heavy atom. The van der Waals surface area contributed by atoms with Crippen LogP contribution in [-0.4, -0.2) is 49.1 Å². The van der Waals surface area contributed by atoms with Gasteiger partial charge in [-0.15, -0.1) is 0 Å². The van der Waals surface area contributed by atoms with Gasteiger partial charge in [0.1, 0.15) is 11.3 Å². The molecular weight excluding hydrogens is 344 g/mol. The Hall–Kier alpha value is -2.54. The minimum absolute atomic E-state index is 0.112. The maximum absolute atomic E-state index is 12.6. The molecule has 1 aromatic carbocycles. The van der Waals surface area contributed by atoms with Crippen LogP contribution in [0.2, 0.25) is 0 Å². The first-order valence-corrected chi connectivity index (χ1v) is 9.74. The molecule has 7 heteroatoms. The van der Waals surface area contributed by atoms with E-state index in [0.717, 1.165) is 31.7 Å². The maximum Gasteiger partial charge on any atom is 0.264 e. The number of nitrogens with zero attached hydrogens (tertiary/aromatic N) is 1. The van der Waals surface area contributed by atoms with Gasteiger partial charge < -0.3 is 26.0 Å². The number of aliphatic hydroxyl groups excluding tert-OH is 1. The Balaban J connectivity index is 1.47. The van der Waals surface area contributed by atoms with Crippen LogP contribution >= 0.6 is 0 Å². The minimum Gasteiger partial charge on any atom is -0.511 e. The highest BCUT2D eigenvalue weighted by molar-refractivity contribution is 6.23. The number of piperidine rings is 2. The van der Waals surface area contributed by atoms with Gasteiger partial charge in [-0.1, -0.05) is 0 Å². The molecule has 2 atom stereocenters. The highest BCUT2D eigenvalue weighted by Crippen LogP contribution is 2.27. The van der Waals surface area contributed by atoms with E-state index in [1.165, 1.54) is 19.3 Å². The lowest BCUT2D eigenvalue weighted by molar-refractivity contribution is -0.123. The normalized spacial score (nSPS) is 25.6. The van der Waals surface area contributed by atoms with Crippen molar-refractivity contribution in [1.29, 1.82) is 0 Å². The second kappa shape index (κ2) is 7.60. The highest BCUT2D eigenvalue weighted by atomic mass is 16.3. The molecule has 3 aliphatic rings. The number of nitrogens with one attached hydrogen (secondary N) is 3. The second-order valence-electron chi connectivity index (χ2n) is 7.49. The third kappa shape index (κ3) is 3.64. The van der Waals surface area contributed by atoms with Crippen LogP contribution in [0.25, 0.3) is 0 Å². The number of hydrogen-bond donors (Lipinski definition) is 4. The third-order valence-electron chi connectivity index (χ3n) is 5.71.